The quantitative estimate of drug-likeness (QED) is 0.310. The monoisotopic (exact) mass is 615 g/mol. The first-order chi connectivity index (χ1) is 21.3. The van der Waals surface area contributed by atoms with Gasteiger partial charge in [0.05, 0.1) is 24.0 Å². The lowest BCUT2D eigenvalue weighted by Gasteiger charge is -2.28. The third-order valence-corrected chi connectivity index (χ3v) is 7.97. The first-order valence-electron chi connectivity index (χ1n) is 15.8. The average molecular weight is 616 g/mol. The highest BCUT2D eigenvalue weighted by atomic mass is 16.6. The Bertz CT molecular complexity index is 1500. The lowest BCUT2D eigenvalue weighted by molar-refractivity contribution is 0.0211. The van der Waals surface area contributed by atoms with Crippen LogP contribution < -0.4 is 5.32 Å². The number of ether oxygens (including phenoxy) is 2. The van der Waals surface area contributed by atoms with E-state index in [1.807, 2.05) is 96.3 Å². The molecular formula is C35H45N5O5. The summed E-state index contributed by atoms with van der Waals surface area (Å²) < 4.78 is 11.1. The van der Waals surface area contributed by atoms with Crippen LogP contribution in [-0.4, -0.2) is 74.7 Å². The Hall–Kier alpha value is -4.34. The molecule has 3 heterocycles. The molecule has 2 atom stereocenters. The van der Waals surface area contributed by atoms with E-state index < -0.39 is 11.2 Å². The molecule has 0 unspecified atom stereocenters. The fourth-order valence-electron chi connectivity index (χ4n) is 5.82. The summed E-state index contributed by atoms with van der Waals surface area (Å²) in [6.07, 6.45) is 4.63. The Balaban J connectivity index is 1.17. The molecule has 0 bridgehead atoms. The Labute approximate surface area is 265 Å². The van der Waals surface area contributed by atoms with Crippen LogP contribution in [0.5, 0.6) is 0 Å². The van der Waals surface area contributed by atoms with Crippen molar-refractivity contribution in [1.82, 2.24) is 25.1 Å². The highest BCUT2D eigenvalue weighted by Crippen LogP contribution is 2.33. The van der Waals surface area contributed by atoms with Crippen molar-refractivity contribution in [2.24, 2.45) is 0 Å². The smallest absolute Gasteiger partial charge is 0.410 e. The van der Waals surface area contributed by atoms with Gasteiger partial charge in [-0.3, -0.25) is 9.69 Å². The summed E-state index contributed by atoms with van der Waals surface area (Å²) in [5, 5.41) is 2.99. The van der Waals surface area contributed by atoms with Crippen molar-refractivity contribution in [1.29, 1.82) is 0 Å². The predicted octanol–water partition coefficient (Wildman–Crippen LogP) is 6.95. The Morgan fingerprint density at radius 1 is 0.800 bits per heavy atom. The van der Waals surface area contributed by atoms with E-state index in [-0.39, 0.29) is 30.2 Å². The average Bonchev–Trinajstić information content (AvgIpc) is 3.75. The van der Waals surface area contributed by atoms with Crippen molar-refractivity contribution >= 4 is 18.1 Å². The molecule has 1 aromatic heterocycles. The number of aromatic amines is 1. The molecule has 0 aliphatic carbocycles. The number of benzene rings is 2. The molecule has 5 rings (SSSR count). The number of hydrogen-bond acceptors (Lipinski definition) is 6. The maximum atomic E-state index is 12.9. The topological polar surface area (TPSA) is 117 Å². The molecule has 2 N–H and O–H groups in total. The molecule has 2 fully saturated rings. The van der Waals surface area contributed by atoms with Crippen molar-refractivity contribution in [3.63, 3.8) is 0 Å². The highest BCUT2D eigenvalue weighted by Gasteiger charge is 2.35. The summed E-state index contributed by atoms with van der Waals surface area (Å²) >= 11 is 0. The zero-order valence-corrected chi connectivity index (χ0v) is 27.2. The van der Waals surface area contributed by atoms with E-state index in [0.29, 0.717) is 25.2 Å². The lowest BCUT2D eigenvalue weighted by atomic mass is 10.0. The summed E-state index contributed by atoms with van der Waals surface area (Å²) in [5.74, 6) is 0.590. The van der Waals surface area contributed by atoms with Crippen LogP contribution in [0.4, 0.5) is 9.59 Å². The SMILES string of the molecule is CC(C)(C)OC(=O)N1CCC[C@H]1CNC(=O)c1ccc(-c2ccc(-c3cnc([C@@H]4CCCN4C(=O)OC(C)(C)C)[nH]3)cc2)cc1. The van der Waals surface area contributed by atoms with Crippen molar-refractivity contribution < 1.29 is 23.9 Å². The normalized spacial score (nSPS) is 18.6. The van der Waals surface area contributed by atoms with E-state index in [4.69, 9.17) is 9.47 Å². The first kappa shape index (κ1) is 32.1. The number of H-pyrrole nitrogens is 1. The number of amides is 3. The van der Waals surface area contributed by atoms with Crippen LogP contribution in [0.1, 0.15) is 89.4 Å². The van der Waals surface area contributed by atoms with Gasteiger partial charge in [-0.15, -0.1) is 0 Å². The van der Waals surface area contributed by atoms with Gasteiger partial charge in [-0.25, -0.2) is 14.6 Å². The van der Waals surface area contributed by atoms with Crippen molar-refractivity contribution in [2.45, 2.75) is 90.5 Å². The summed E-state index contributed by atoms with van der Waals surface area (Å²) in [6.45, 7) is 12.8. The van der Waals surface area contributed by atoms with Gasteiger partial charge in [0.1, 0.15) is 17.0 Å². The van der Waals surface area contributed by atoms with E-state index in [2.05, 4.69) is 15.3 Å². The maximum Gasteiger partial charge on any atom is 0.410 e. The zero-order valence-electron chi connectivity index (χ0n) is 27.2. The molecule has 2 aromatic carbocycles. The number of nitrogens with zero attached hydrogens (tertiary/aromatic N) is 3. The Morgan fingerprint density at radius 3 is 1.96 bits per heavy atom. The minimum absolute atomic E-state index is 0.0744. The molecule has 2 saturated heterocycles. The third kappa shape index (κ3) is 8.04. The number of hydrogen-bond donors (Lipinski definition) is 2. The molecule has 0 radical (unpaired) electrons. The molecule has 2 aliphatic heterocycles. The highest BCUT2D eigenvalue weighted by molar-refractivity contribution is 5.94. The molecule has 3 amide bonds. The standard InChI is InChI=1S/C35H45N5O5/c1-34(2,3)44-32(42)39-19-7-9-27(39)21-37-31(41)26-17-13-24(14-18-26)23-11-15-25(16-12-23)28-22-36-30(38-28)29-10-8-20-40(29)33(43)45-35(4,5)6/h11-18,22,27,29H,7-10,19-21H2,1-6H3,(H,36,38)(H,37,41)/t27-,29-/m0/s1. The summed E-state index contributed by atoms with van der Waals surface area (Å²) in [5.41, 5.74) is 3.35. The summed E-state index contributed by atoms with van der Waals surface area (Å²) in [7, 11) is 0. The van der Waals surface area contributed by atoms with E-state index >= 15 is 0 Å². The van der Waals surface area contributed by atoms with Gasteiger partial charge in [-0.05, 0) is 96.0 Å². The Kier molecular flexibility index (Phi) is 9.23. The van der Waals surface area contributed by atoms with Crippen LogP contribution in [0.3, 0.4) is 0 Å². The fourth-order valence-corrected chi connectivity index (χ4v) is 5.82. The van der Waals surface area contributed by atoms with Gasteiger partial charge >= 0.3 is 12.2 Å². The number of nitrogens with one attached hydrogen (secondary N) is 2. The van der Waals surface area contributed by atoms with E-state index in [1.165, 1.54) is 0 Å². The Morgan fingerprint density at radius 2 is 1.33 bits per heavy atom. The van der Waals surface area contributed by atoms with E-state index in [1.54, 1.807) is 9.80 Å². The maximum absolute atomic E-state index is 12.9. The number of carbonyl (C=O) groups is 3. The van der Waals surface area contributed by atoms with Gasteiger partial charge in [-0.1, -0.05) is 36.4 Å². The summed E-state index contributed by atoms with van der Waals surface area (Å²) in [6, 6.07) is 15.4. The zero-order chi connectivity index (χ0) is 32.4. The lowest BCUT2D eigenvalue weighted by Crippen LogP contribution is -2.45. The molecule has 2 aliphatic rings. The number of aromatic nitrogens is 2. The van der Waals surface area contributed by atoms with Gasteiger partial charge in [-0.2, -0.15) is 0 Å². The molecule has 240 valence electrons. The molecular weight excluding hydrogens is 570 g/mol. The number of rotatable bonds is 6. The van der Waals surface area contributed by atoms with Crippen molar-refractivity contribution in [3.05, 3.63) is 66.1 Å². The second-order valence-electron chi connectivity index (χ2n) is 13.8. The molecule has 45 heavy (non-hydrogen) atoms. The first-order valence-corrected chi connectivity index (χ1v) is 15.8. The van der Waals surface area contributed by atoms with E-state index in [0.717, 1.165) is 53.9 Å². The van der Waals surface area contributed by atoms with Crippen LogP contribution in [0.25, 0.3) is 22.4 Å². The van der Waals surface area contributed by atoms with Gasteiger partial charge < -0.3 is 24.7 Å². The van der Waals surface area contributed by atoms with Gasteiger partial charge in [0.2, 0.25) is 0 Å². The third-order valence-electron chi connectivity index (χ3n) is 7.97. The molecule has 3 aromatic rings. The second kappa shape index (κ2) is 12.9. The molecule has 10 nitrogen and oxygen atoms in total. The molecule has 0 spiro atoms. The van der Waals surface area contributed by atoms with Crippen LogP contribution in [0.15, 0.2) is 54.7 Å². The minimum Gasteiger partial charge on any atom is -0.444 e. The minimum atomic E-state index is -0.555. The molecule has 0 saturated carbocycles. The molecule has 10 heteroatoms. The van der Waals surface area contributed by atoms with Crippen LogP contribution in [-0.2, 0) is 9.47 Å². The number of carbonyl (C=O) groups excluding carboxylic acids is 3. The van der Waals surface area contributed by atoms with Crippen molar-refractivity contribution in [2.75, 3.05) is 19.6 Å². The van der Waals surface area contributed by atoms with Crippen LogP contribution in [0, 0.1) is 0 Å². The van der Waals surface area contributed by atoms with Gasteiger partial charge in [0.25, 0.3) is 5.91 Å². The second-order valence-corrected chi connectivity index (χ2v) is 13.8. The van der Waals surface area contributed by atoms with Crippen LogP contribution >= 0.6 is 0 Å². The summed E-state index contributed by atoms with van der Waals surface area (Å²) in [4.78, 5) is 49.7. The van der Waals surface area contributed by atoms with Gasteiger partial charge in [0.15, 0.2) is 0 Å². The van der Waals surface area contributed by atoms with Crippen molar-refractivity contribution in [3.8, 4) is 22.4 Å². The number of imidazole rings is 1. The predicted molar refractivity (Wildman–Crippen MR) is 173 cm³/mol. The van der Waals surface area contributed by atoms with Crippen LogP contribution in [0.2, 0.25) is 0 Å². The largest absolute Gasteiger partial charge is 0.444 e. The number of likely N-dealkylation sites (tertiary alicyclic amines) is 2. The van der Waals surface area contributed by atoms with E-state index in [9.17, 15) is 14.4 Å². The fraction of sp³-hybridized carbons (Fsp3) is 0.486. The van der Waals surface area contributed by atoms with Gasteiger partial charge in [0, 0.05) is 25.2 Å².